The molecule has 0 bridgehead atoms. The molecule has 2 fully saturated rings. The fourth-order valence-corrected chi connectivity index (χ4v) is 5.37. The third-order valence-corrected chi connectivity index (χ3v) is 7.72. The second-order valence-corrected chi connectivity index (χ2v) is 10.2. The Morgan fingerprint density at radius 3 is 2.39 bits per heavy atom. The van der Waals surface area contributed by atoms with Gasteiger partial charge in [0.05, 0.1) is 19.7 Å². The first-order valence-corrected chi connectivity index (χ1v) is 12.7. The smallest absolute Gasteiger partial charge is 0.227 e. The van der Waals surface area contributed by atoms with E-state index in [2.05, 4.69) is 39.0 Å². The van der Waals surface area contributed by atoms with E-state index in [1.165, 1.54) is 18.4 Å². The van der Waals surface area contributed by atoms with E-state index in [1.54, 1.807) is 14.2 Å². The Labute approximate surface area is 212 Å². The van der Waals surface area contributed by atoms with Gasteiger partial charge in [-0.1, -0.05) is 30.3 Å². The van der Waals surface area contributed by atoms with Crippen molar-refractivity contribution in [3.63, 3.8) is 0 Å². The largest absolute Gasteiger partial charge is 0.493 e. The number of nitrogen functional groups attached to an aromatic ring is 1. The molecule has 2 heterocycles. The summed E-state index contributed by atoms with van der Waals surface area (Å²) in [7, 11) is 5.21. The number of ether oxygens (including phenoxy) is 2. The number of aromatic nitrogens is 2. The SMILES string of the molecule is COc1cc2nc(N(C)CC3(c4ccccc4)CCN(C(=O)CC4CC4)CC3)nc(N)c2cc1OC. The molecule has 0 atom stereocenters. The monoisotopic (exact) mass is 489 g/mol. The van der Waals surface area contributed by atoms with Crippen molar-refractivity contribution >= 4 is 28.6 Å². The normalized spacial score (nSPS) is 17.1. The van der Waals surface area contributed by atoms with E-state index in [1.807, 2.05) is 25.2 Å². The van der Waals surface area contributed by atoms with E-state index in [9.17, 15) is 4.79 Å². The molecule has 190 valence electrons. The Hall–Kier alpha value is -3.55. The number of anilines is 2. The highest BCUT2D eigenvalue weighted by atomic mass is 16.5. The van der Waals surface area contributed by atoms with E-state index in [0.717, 1.165) is 37.9 Å². The lowest BCUT2D eigenvalue weighted by molar-refractivity contribution is -0.133. The number of hydrogen-bond donors (Lipinski definition) is 1. The standard InChI is InChI=1S/C28H35N5O3/c1-32(27-30-22-17-24(36-3)23(35-2)16-21(22)26(29)31-27)18-28(20-7-5-4-6-8-20)11-13-33(14-12-28)25(34)15-19-9-10-19/h4-8,16-17,19H,9-15,18H2,1-3H3,(H2,29,30,31). The van der Waals surface area contributed by atoms with E-state index in [4.69, 9.17) is 20.2 Å². The first-order valence-electron chi connectivity index (χ1n) is 12.7. The van der Waals surface area contributed by atoms with Gasteiger partial charge in [-0.25, -0.2) is 4.98 Å². The van der Waals surface area contributed by atoms with Crippen LogP contribution in [0.2, 0.25) is 0 Å². The van der Waals surface area contributed by atoms with E-state index in [-0.39, 0.29) is 5.41 Å². The average Bonchev–Trinajstić information content (AvgIpc) is 3.72. The molecule has 0 radical (unpaired) electrons. The second-order valence-electron chi connectivity index (χ2n) is 10.2. The zero-order valence-corrected chi connectivity index (χ0v) is 21.4. The van der Waals surface area contributed by atoms with Crippen molar-refractivity contribution in [1.29, 1.82) is 0 Å². The maximum Gasteiger partial charge on any atom is 0.227 e. The first-order chi connectivity index (χ1) is 17.4. The molecule has 1 saturated carbocycles. The lowest BCUT2D eigenvalue weighted by atomic mass is 9.72. The summed E-state index contributed by atoms with van der Waals surface area (Å²) >= 11 is 0. The van der Waals surface area contributed by atoms with Gasteiger partial charge in [0, 0.05) is 50.0 Å². The molecule has 0 spiro atoms. The summed E-state index contributed by atoms with van der Waals surface area (Å²) in [5, 5.41) is 0.727. The molecule has 8 heteroatoms. The Morgan fingerprint density at radius 2 is 1.75 bits per heavy atom. The van der Waals surface area contributed by atoms with Crippen LogP contribution in [-0.4, -0.2) is 61.7 Å². The number of nitrogens with zero attached hydrogens (tertiary/aromatic N) is 4. The highest BCUT2D eigenvalue weighted by Gasteiger charge is 2.39. The van der Waals surface area contributed by atoms with Gasteiger partial charge in [-0.05, 0) is 43.2 Å². The van der Waals surface area contributed by atoms with Crippen molar-refractivity contribution in [2.24, 2.45) is 5.92 Å². The number of methoxy groups -OCH3 is 2. The van der Waals surface area contributed by atoms with Crippen LogP contribution in [0.25, 0.3) is 10.9 Å². The van der Waals surface area contributed by atoms with Gasteiger partial charge < -0.3 is 25.0 Å². The highest BCUT2D eigenvalue weighted by Crippen LogP contribution is 2.39. The molecule has 36 heavy (non-hydrogen) atoms. The number of benzene rings is 2. The summed E-state index contributed by atoms with van der Waals surface area (Å²) in [6.07, 6.45) is 4.89. The Balaban J connectivity index is 1.41. The third-order valence-electron chi connectivity index (χ3n) is 7.72. The minimum Gasteiger partial charge on any atom is -0.493 e. The van der Waals surface area contributed by atoms with Gasteiger partial charge in [-0.2, -0.15) is 4.98 Å². The number of nitrogens with two attached hydrogens (primary N) is 1. The van der Waals surface area contributed by atoms with Crippen molar-refractivity contribution in [1.82, 2.24) is 14.9 Å². The van der Waals surface area contributed by atoms with Gasteiger partial charge in [0.25, 0.3) is 0 Å². The molecule has 1 saturated heterocycles. The van der Waals surface area contributed by atoms with Crippen molar-refractivity contribution in [2.75, 3.05) is 51.5 Å². The van der Waals surface area contributed by atoms with Crippen molar-refractivity contribution in [3.8, 4) is 11.5 Å². The number of amides is 1. The Kier molecular flexibility index (Phi) is 6.60. The van der Waals surface area contributed by atoms with Crippen LogP contribution in [-0.2, 0) is 10.2 Å². The molecular formula is C28H35N5O3. The van der Waals surface area contributed by atoms with Crippen LogP contribution in [0, 0.1) is 5.92 Å². The topological polar surface area (TPSA) is 93.8 Å². The highest BCUT2D eigenvalue weighted by molar-refractivity contribution is 5.91. The molecule has 2 aliphatic rings. The molecule has 0 unspecified atom stereocenters. The molecule has 3 aromatic rings. The van der Waals surface area contributed by atoms with Crippen LogP contribution in [0.15, 0.2) is 42.5 Å². The number of fused-ring (bicyclic) bond motifs is 1. The average molecular weight is 490 g/mol. The zero-order valence-electron chi connectivity index (χ0n) is 21.4. The summed E-state index contributed by atoms with van der Waals surface area (Å²) < 4.78 is 10.9. The summed E-state index contributed by atoms with van der Waals surface area (Å²) in [4.78, 5) is 26.4. The van der Waals surface area contributed by atoms with Crippen LogP contribution >= 0.6 is 0 Å². The summed E-state index contributed by atoms with van der Waals surface area (Å²) in [6.45, 7) is 2.26. The predicted molar refractivity (Wildman–Crippen MR) is 142 cm³/mol. The van der Waals surface area contributed by atoms with Gasteiger partial charge in [-0.15, -0.1) is 0 Å². The lowest BCUT2D eigenvalue weighted by Crippen LogP contribution is -2.50. The fourth-order valence-electron chi connectivity index (χ4n) is 5.37. The van der Waals surface area contributed by atoms with Crippen molar-refractivity contribution in [3.05, 3.63) is 48.0 Å². The van der Waals surface area contributed by atoms with Gasteiger partial charge in [-0.3, -0.25) is 4.79 Å². The van der Waals surface area contributed by atoms with Crippen LogP contribution in [0.1, 0.15) is 37.7 Å². The van der Waals surface area contributed by atoms with E-state index < -0.39 is 0 Å². The first kappa shape index (κ1) is 24.2. The van der Waals surface area contributed by atoms with Gasteiger partial charge in [0.2, 0.25) is 11.9 Å². The minimum atomic E-state index is -0.114. The molecule has 8 nitrogen and oxygen atoms in total. The molecule has 1 aliphatic heterocycles. The molecule has 2 aromatic carbocycles. The summed E-state index contributed by atoms with van der Waals surface area (Å²) in [5.74, 6) is 3.07. The van der Waals surface area contributed by atoms with Gasteiger partial charge in [0.15, 0.2) is 11.5 Å². The number of rotatable bonds is 8. The number of carbonyl (C=O) groups excluding carboxylic acids is 1. The summed E-state index contributed by atoms with van der Waals surface area (Å²) in [5.41, 5.74) is 8.24. The van der Waals surface area contributed by atoms with Crippen LogP contribution in [0.5, 0.6) is 11.5 Å². The molecule has 1 aliphatic carbocycles. The van der Waals surface area contributed by atoms with Crippen molar-refractivity contribution < 1.29 is 14.3 Å². The number of likely N-dealkylation sites (tertiary alicyclic amines) is 1. The number of hydrogen-bond acceptors (Lipinski definition) is 7. The van der Waals surface area contributed by atoms with E-state index >= 15 is 0 Å². The molecule has 1 aromatic heterocycles. The number of piperidine rings is 1. The fraction of sp³-hybridized carbons (Fsp3) is 0.464. The van der Waals surface area contributed by atoms with Crippen LogP contribution in [0.4, 0.5) is 11.8 Å². The second kappa shape index (κ2) is 9.84. The Bertz CT molecular complexity index is 1240. The van der Waals surface area contributed by atoms with Crippen LogP contribution in [0.3, 0.4) is 0 Å². The van der Waals surface area contributed by atoms with Crippen LogP contribution < -0.4 is 20.1 Å². The summed E-state index contributed by atoms with van der Waals surface area (Å²) in [6, 6.07) is 14.3. The lowest BCUT2D eigenvalue weighted by Gasteiger charge is -2.44. The number of carbonyl (C=O) groups is 1. The maximum absolute atomic E-state index is 12.8. The van der Waals surface area contributed by atoms with E-state index in [0.29, 0.717) is 47.0 Å². The zero-order chi connectivity index (χ0) is 25.3. The van der Waals surface area contributed by atoms with Crippen molar-refractivity contribution in [2.45, 2.75) is 37.5 Å². The molecule has 2 N–H and O–H groups in total. The minimum absolute atomic E-state index is 0.114. The molecular weight excluding hydrogens is 454 g/mol. The van der Waals surface area contributed by atoms with Gasteiger partial charge >= 0.3 is 0 Å². The van der Waals surface area contributed by atoms with Gasteiger partial charge in [0.1, 0.15) is 5.82 Å². The quantitative estimate of drug-likeness (QED) is 0.511. The molecule has 5 rings (SSSR count). The molecule has 1 amide bonds. The third kappa shape index (κ3) is 4.76. The predicted octanol–water partition coefficient (Wildman–Crippen LogP) is 4.03. The number of likely N-dealkylation sites (N-methyl/N-ethyl adjacent to an activating group) is 1. The maximum atomic E-state index is 12.8. The Morgan fingerprint density at radius 1 is 1.08 bits per heavy atom.